The number of halogens is 1. The van der Waals surface area contributed by atoms with Crippen LogP contribution in [0.1, 0.15) is 32.6 Å². The SMILES string of the molecule is CC[C@@H]1CCC(Br)=C(C=O)C1. The fourth-order valence-corrected chi connectivity index (χ4v) is 1.96. The summed E-state index contributed by atoms with van der Waals surface area (Å²) in [5.74, 6) is 0.733. The van der Waals surface area contributed by atoms with Crippen LogP contribution in [-0.4, -0.2) is 6.29 Å². The molecular formula is C9H13BrO. The summed E-state index contributed by atoms with van der Waals surface area (Å²) in [6.45, 7) is 2.19. The summed E-state index contributed by atoms with van der Waals surface area (Å²) in [4.78, 5) is 10.5. The molecule has 0 spiro atoms. The molecule has 0 aromatic rings. The van der Waals surface area contributed by atoms with Gasteiger partial charge in [0.1, 0.15) is 6.29 Å². The first-order chi connectivity index (χ1) is 5.27. The first-order valence-corrected chi connectivity index (χ1v) is 4.90. The van der Waals surface area contributed by atoms with Gasteiger partial charge in [0, 0.05) is 10.1 Å². The standard InChI is InChI=1S/C9H13BrO/c1-2-7-3-4-9(10)8(5-7)6-11/h6-7H,2-5H2,1H3/t7-/m1/s1. The predicted molar refractivity (Wildman–Crippen MR) is 49.6 cm³/mol. The Labute approximate surface area is 76.0 Å². The fourth-order valence-electron chi connectivity index (χ4n) is 1.48. The largest absolute Gasteiger partial charge is 0.298 e. The highest BCUT2D eigenvalue weighted by Crippen LogP contribution is 2.32. The number of aldehydes is 1. The maximum Gasteiger partial charge on any atom is 0.146 e. The van der Waals surface area contributed by atoms with Crippen LogP contribution in [0.25, 0.3) is 0 Å². The third-order valence-corrected chi connectivity index (χ3v) is 3.25. The summed E-state index contributed by atoms with van der Waals surface area (Å²) >= 11 is 3.42. The monoisotopic (exact) mass is 216 g/mol. The Morgan fingerprint density at radius 3 is 3.00 bits per heavy atom. The second-order valence-corrected chi connectivity index (χ2v) is 4.02. The zero-order valence-electron chi connectivity index (χ0n) is 6.77. The minimum atomic E-state index is 0.733. The molecule has 2 heteroatoms. The van der Waals surface area contributed by atoms with E-state index in [4.69, 9.17) is 0 Å². The van der Waals surface area contributed by atoms with Gasteiger partial charge in [-0.3, -0.25) is 4.79 Å². The van der Waals surface area contributed by atoms with Gasteiger partial charge in [0.2, 0.25) is 0 Å². The van der Waals surface area contributed by atoms with Crippen LogP contribution < -0.4 is 0 Å². The van der Waals surface area contributed by atoms with E-state index in [1.165, 1.54) is 12.8 Å². The molecule has 1 atom stereocenters. The minimum Gasteiger partial charge on any atom is -0.298 e. The Kier molecular flexibility index (Phi) is 3.31. The van der Waals surface area contributed by atoms with Crippen LogP contribution in [0.3, 0.4) is 0 Å². The molecule has 0 fully saturated rings. The van der Waals surface area contributed by atoms with E-state index in [0.29, 0.717) is 0 Å². The van der Waals surface area contributed by atoms with Gasteiger partial charge in [0.25, 0.3) is 0 Å². The molecule has 0 saturated carbocycles. The number of carbonyl (C=O) groups excluding carboxylic acids is 1. The predicted octanol–water partition coefficient (Wildman–Crippen LogP) is 3.04. The van der Waals surface area contributed by atoms with Crippen LogP contribution in [0.15, 0.2) is 10.1 Å². The molecule has 0 unspecified atom stereocenters. The number of allylic oxidation sites excluding steroid dienone is 2. The molecule has 0 aromatic carbocycles. The van der Waals surface area contributed by atoms with Crippen molar-refractivity contribution in [2.24, 2.45) is 5.92 Å². The van der Waals surface area contributed by atoms with Crippen molar-refractivity contribution in [3.05, 3.63) is 10.1 Å². The normalized spacial score (nSPS) is 25.5. The van der Waals surface area contributed by atoms with E-state index in [-0.39, 0.29) is 0 Å². The summed E-state index contributed by atoms with van der Waals surface area (Å²) in [5.41, 5.74) is 0.975. The Balaban J connectivity index is 2.65. The van der Waals surface area contributed by atoms with Crippen molar-refractivity contribution in [3.63, 3.8) is 0 Å². The Hall–Kier alpha value is -0.110. The maximum atomic E-state index is 10.5. The van der Waals surface area contributed by atoms with Gasteiger partial charge in [-0.15, -0.1) is 0 Å². The highest BCUT2D eigenvalue weighted by Gasteiger charge is 2.17. The van der Waals surface area contributed by atoms with Gasteiger partial charge in [-0.1, -0.05) is 29.3 Å². The molecule has 0 saturated heterocycles. The van der Waals surface area contributed by atoms with E-state index in [2.05, 4.69) is 22.9 Å². The third-order valence-electron chi connectivity index (χ3n) is 2.35. The second kappa shape index (κ2) is 4.05. The summed E-state index contributed by atoms with van der Waals surface area (Å²) < 4.78 is 1.12. The molecule has 11 heavy (non-hydrogen) atoms. The molecule has 0 amide bonds. The average molecular weight is 217 g/mol. The van der Waals surface area contributed by atoms with Gasteiger partial charge in [0.15, 0.2) is 0 Å². The average Bonchev–Trinajstić information content (AvgIpc) is 2.05. The first-order valence-electron chi connectivity index (χ1n) is 4.10. The van der Waals surface area contributed by atoms with Crippen molar-refractivity contribution in [2.75, 3.05) is 0 Å². The van der Waals surface area contributed by atoms with E-state index >= 15 is 0 Å². The second-order valence-electron chi connectivity index (χ2n) is 3.07. The van der Waals surface area contributed by atoms with Crippen molar-refractivity contribution < 1.29 is 4.79 Å². The smallest absolute Gasteiger partial charge is 0.146 e. The van der Waals surface area contributed by atoms with Crippen LogP contribution in [-0.2, 0) is 4.79 Å². The van der Waals surface area contributed by atoms with E-state index in [1.807, 2.05) is 0 Å². The molecule has 0 radical (unpaired) electrons. The number of hydrogen-bond donors (Lipinski definition) is 0. The van der Waals surface area contributed by atoms with E-state index in [9.17, 15) is 4.79 Å². The molecule has 1 aliphatic carbocycles. The minimum absolute atomic E-state index is 0.733. The molecule has 1 aliphatic rings. The molecule has 0 bridgehead atoms. The number of carbonyl (C=O) groups is 1. The summed E-state index contributed by atoms with van der Waals surface area (Å²) in [7, 11) is 0. The highest BCUT2D eigenvalue weighted by molar-refractivity contribution is 9.11. The molecule has 1 rings (SSSR count). The molecule has 62 valence electrons. The lowest BCUT2D eigenvalue weighted by atomic mass is 9.88. The van der Waals surface area contributed by atoms with Crippen LogP contribution in [0.5, 0.6) is 0 Å². The molecular weight excluding hydrogens is 204 g/mol. The van der Waals surface area contributed by atoms with E-state index in [1.54, 1.807) is 0 Å². The zero-order valence-corrected chi connectivity index (χ0v) is 8.36. The van der Waals surface area contributed by atoms with Crippen molar-refractivity contribution in [3.8, 4) is 0 Å². The lowest BCUT2D eigenvalue weighted by Gasteiger charge is -2.20. The van der Waals surface area contributed by atoms with E-state index in [0.717, 1.165) is 35.1 Å². The summed E-state index contributed by atoms with van der Waals surface area (Å²) in [6.07, 6.45) is 5.44. The highest BCUT2D eigenvalue weighted by atomic mass is 79.9. The topological polar surface area (TPSA) is 17.1 Å². The maximum absolute atomic E-state index is 10.5. The molecule has 0 N–H and O–H groups in total. The molecule has 0 aliphatic heterocycles. The Morgan fingerprint density at radius 1 is 1.73 bits per heavy atom. The van der Waals surface area contributed by atoms with Crippen molar-refractivity contribution in [1.82, 2.24) is 0 Å². The van der Waals surface area contributed by atoms with Gasteiger partial charge in [-0.25, -0.2) is 0 Å². The van der Waals surface area contributed by atoms with Gasteiger partial charge < -0.3 is 0 Å². The molecule has 1 nitrogen and oxygen atoms in total. The van der Waals surface area contributed by atoms with Gasteiger partial charge in [0.05, 0.1) is 0 Å². The van der Waals surface area contributed by atoms with Gasteiger partial charge in [-0.2, -0.15) is 0 Å². The first kappa shape index (κ1) is 8.98. The molecule has 0 aromatic heterocycles. The zero-order chi connectivity index (χ0) is 8.27. The lowest BCUT2D eigenvalue weighted by Crippen LogP contribution is -2.08. The van der Waals surface area contributed by atoms with Crippen molar-refractivity contribution >= 4 is 22.2 Å². The molecule has 0 heterocycles. The number of hydrogen-bond acceptors (Lipinski definition) is 1. The third kappa shape index (κ3) is 2.16. The number of rotatable bonds is 2. The van der Waals surface area contributed by atoms with E-state index < -0.39 is 0 Å². The van der Waals surface area contributed by atoms with Crippen molar-refractivity contribution in [1.29, 1.82) is 0 Å². The Bertz CT molecular complexity index is 184. The van der Waals surface area contributed by atoms with Crippen molar-refractivity contribution in [2.45, 2.75) is 32.6 Å². The van der Waals surface area contributed by atoms with Crippen LogP contribution in [0.4, 0.5) is 0 Å². The van der Waals surface area contributed by atoms with Gasteiger partial charge >= 0.3 is 0 Å². The lowest BCUT2D eigenvalue weighted by molar-refractivity contribution is -0.105. The van der Waals surface area contributed by atoms with Gasteiger partial charge in [-0.05, 0) is 25.2 Å². The summed E-state index contributed by atoms with van der Waals surface area (Å²) in [5, 5.41) is 0. The fraction of sp³-hybridized carbons (Fsp3) is 0.667. The van der Waals surface area contributed by atoms with Crippen LogP contribution >= 0.6 is 15.9 Å². The Morgan fingerprint density at radius 2 is 2.45 bits per heavy atom. The quantitative estimate of drug-likeness (QED) is 0.649. The van der Waals surface area contributed by atoms with Crippen LogP contribution in [0, 0.1) is 5.92 Å². The van der Waals surface area contributed by atoms with Crippen LogP contribution in [0.2, 0.25) is 0 Å². The summed E-state index contributed by atoms with van der Waals surface area (Å²) in [6, 6.07) is 0.